The minimum atomic E-state index is -0.868. The number of aliphatic hydroxyl groups is 1. The summed E-state index contributed by atoms with van der Waals surface area (Å²) >= 11 is 0. The van der Waals surface area contributed by atoms with Crippen LogP contribution in [0.2, 0.25) is 0 Å². The van der Waals surface area contributed by atoms with E-state index in [2.05, 4.69) is 16.0 Å². The summed E-state index contributed by atoms with van der Waals surface area (Å²) in [5, 5.41) is 11.7. The highest BCUT2D eigenvalue weighted by molar-refractivity contribution is 5.95. The van der Waals surface area contributed by atoms with E-state index in [9.17, 15) is 9.90 Å². The van der Waals surface area contributed by atoms with Gasteiger partial charge in [-0.15, -0.1) is 0 Å². The van der Waals surface area contributed by atoms with Gasteiger partial charge in [0.05, 0.1) is 23.5 Å². The lowest BCUT2D eigenvalue weighted by Crippen LogP contribution is -2.33. The van der Waals surface area contributed by atoms with Crippen molar-refractivity contribution in [2.45, 2.75) is 25.9 Å². The molecule has 0 aliphatic carbocycles. The van der Waals surface area contributed by atoms with Crippen LogP contribution in [0.25, 0.3) is 10.9 Å². The van der Waals surface area contributed by atoms with Crippen molar-refractivity contribution in [3.8, 4) is 0 Å². The van der Waals surface area contributed by atoms with Crippen LogP contribution in [-0.2, 0) is 6.42 Å². The molecular weight excluding hydrogens is 278 g/mol. The molecule has 0 bridgehead atoms. The lowest BCUT2D eigenvalue weighted by molar-refractivity contribution is 0.0531. The topological polar surface area (TPSA) is 70.9 Å². The van der Waals surface area contributed by atoms with Crippen LogP contribution >= 0.6 is 0 Å². The average Bonchev–Trinajstić information content (AvgIpc) is 3.10. The number of aryl methyl sites for hydroxylation is 2. The number of aromatic nitrogens is 3. The lowest BCUT2D eigenvalue weighted by atomic mass is 9.89. The molecule has 0 saturated heterocycles. The van der Waals surface area contributed by atoms with Gasteiger partial charge in [0.2, 0.25) is 5.91 Å². The number of carbonyl (C=O) groups excluding carboxylic acids is 1. The number of aliphatic hydroxyl groups excluding tert-OH is 1. The van der Waals surface area contributed by atoms with Crippen molar-refractivity contribution in [1.82, 2.24) is 14.5 Å². The standard InChI is InChI=1S/C17H17N3O2/c1-10-15(19-9-18-10)16(21)13-7-6-12-8-11-4-2-3-5-14(11)20(12)17(13)22/h2-5,8-9,13,16,21H,6-7H2,1H3,(H,18,19). The van der Waals surface area contributed by atoms with Crippen LogP contribution in [0.4, 0.5) is 0 Å². The normalized spacial score (nSPS) is 19.4. The van der Waals surface area contributed by atoms with E-state index in [0.29, 0.717) is 12.1 Å². The maximum atomic E-state index is 12.9. The molecule has 0 radical (unpaired) electrons. The van der Waals surface area contributed by atoms with Gasteiger partial charge in [-0.05, 0) is 31.9 Å². The molecule has 2 atom stereocenters. The molecule has 3 aromatic rings. The molecule has 2 unspecified atom stereocenters. The number of rotatable bonds is 2. The average molecular weight is 295 g/mol. The zero-order chi connectivity index (χ0) is 15.3. The van der Waals surface area contributed by atoms with Gasteiger partial charge in [0.25, 0.3) is 0 Å². The van der Waals surface area contributed by atoms with Gasteiger partial charge in [0, 0.05) is 16.8 Å². The zero-order valence-electron chi connectivity index (χ0n) is 12.3. The molecule has 2 N–H and O–H groups in total. The van der Waals surface area contributed by atoms with E-state index in [-0.39, 0.29) is 5.91 Å². The van der Waals surface area contributed by atoms with Crippen LogP contribution in [0.15, 0.2) is 36.7 Å². The first-order chi connectivity index (χ1) is 10.7. The molecule has 112 valence electrons. The number of nitrogens with one attached hydrogen (secondary N) is 1. The van der Waals surface area contributed by atoms with Crippen LogP contribution in [0.1, 0.15) is 34.4 Å². The van der Waals surface area contributed by atoms with Gasteiger partial charge in [-0.1, -0.05) is 18.2 Å². The molecule has 5 heteroatoms. The first kappa shape index (κ1) is 13.3. The Balaban J connectivity index is 1.77. The van der Waals surface area contributed by atoms with Gasteiger partial charge in [-0.25, -0.2) is 4.98 Å². The highest BCUT2D eigenvalue weighted by atomic mass is 16.3. The first-order valence-electron chi connectivity index (χ1n) is 7.48. The van der Waals surface area contributed by atoms with Crippen molar-refractivity contribution >= 4 is 16.8 Å². The van der Waals surface area contributed by atoms with E-state index in [1.54, 1.807) is 10.9 Å². The molecular formula is C17H17N3O2. The number of hydrogen-bond donors (Lipinski definition) is 2. The summed E-state index contributed by atoms with van der Waals surface area (Å²) in [4.78, 5) is 20.0. The molecule has 0 fully saturated rings. The van der Waals surface area contributed by atoms with Crippen LogP contribution < -0.4 is 0 Å². The molecule has 22 heavy (non-hydrogen) atoms. The van der Waals surface area contributed by atoms with E-state index in [1.165, 1.54) is 0 Å². The summed E-state index contributed by atoms with van der Waals surface area (Å²) in [5.41, 5.74) is 3.31. The zero-order valence-corrected chi connectivity index (χ0v) is 12.3. The summed E-state index contributed by atoms with van der Waals surface area (Å²) in [5.74, 6) is -0.498. The van der Waals surface area contributed by atoms with Crippen molar-refractivity contribution in [2.75, 3.05) is 0 Å². The quantitative estimate of drug-likeness (QED) is 0.763. The Hall–Kier alpha value is -2.40. The summed E-state index contributed by atoms with van der Waals surface area (Å²) in [6.45, 7) is 1.86. The number of H-pyrrole nitrogens is 1. The fourth-order valence-corrected chi connectivity index (χ4v) is 3.40. The van der Waals surface area contributed by atoms with Gasteiger partial charge in [0.15, 0.2) is 0 Å². The van der Waals surface area contributed by atoms with Gasteiger partial charge >= 0.3 is 0 Å². The number of carbonyl (C=O) groups is 1. The van der Waals surface area contributed by atoms with Crippen LogP contribution in [0, 0.1) is 12.8 Å². The third-order valence-corrected chi connectivity index (χ3v) is 4.57. The molecule has 5 nitrogen and oxygen atoms in total. The van der Waals surface area contributed by atoms with E-state index < -0.39 is 12.0 Å². The molecule has 0 saturated carbocycles. The number of hydrogen-bond acceptors (Lipinski definition) is 3. The predicted molar refractivity (Wildman–Crippen MR) is 82.7 cm³/mol. The Kier molecular flexibility index (Phi) is 2.90. The van der Waals surface area contributed by atoms with Crippen molar-refractivity contribution in [3.05, 3.63) is 53.7 Å². The fraction of sp³-hybridized carbons (Fsp3) is 0.294. The van der Waals surface area contributed by atoms with Crippen LogP contribution in [0.3, 0.4) is 0 Å². The number of benzene rings is 1. The number of imidazole rings is 1. The largest absolute Gasteiger partial charge is 0.386 e. The van der Waals surface area contributed by atoms with Crippen molar-refractivity contribution in [3.63, 3.8) is 0 Å². The van der Waals surface area contributed by atoms with E-state index in [0.717, 1.165) is 28.7 Å². The summed E-state index contributed by atoms with van der Waals surface area (Å²) in [6, 6.07) is 9.93. The minimum Gasteiger partial charge on any atom is -0.386 e. The van der Waals surface area contributed by atoms with Crippen LogP contribution in [-0.4, -0.2) is 25.5 Å². The van der Waals surface area contributed by atoms with Crippen molar-refractivity contribution in [2.24, 2.45) is 5.92 Å². The summed E-state index contributed by atoms with van der Waals surface area (Å²) in [6.07, 6.45) is 2.11. The molecule has 3 heterocycles. The molecule has 4 rings (SSSR count). The maximum absolute atomic E-state index is 12.9. The minimum absolute atomic E-state index is 0.0441. The SMILES string of the molecule is Cc1[nH]cnc1C(O)C1CCc2cc3ccccc3n2C1=O. The monoisotopic (exact) mass is 295 g/mol. The van der Waals surface area contributed by atoms with Gasteiger partial charge in [0.1, 0.15) is 6.10 Å². The number of aromatic amines is 1. The third-order valence-electron chi connectivity index (χ3n) is 4.57. The fourth-order valence-electron chi connectivity index (χ4n) is 3.40. The maximum Gasteiger partial charge on any atom is 0.237 e. The smallest absolute Gasteiger partial charge is 0.237 e. The second-order valence-corrected chi connectivity index (χ2v) is 5.87. The Bertz CT molecular complexity index is 862. The summed E-state index contributed by atoms with van der Waals surface area (Å²) < 4.78 is 1.76. The van der Waals surface area contributed by atoms with E-state index >= 15 is 0 Å². The molecule has 1 aliphatic rings. The molecule has 1 aromatic carbocycles. The summed E-state index contributed by atoms with van der Waals surface area (Å²) in [7, 11) is 0. The Morgan fingerprint density at radius 1 is 1.41 bits per heavy atom. The van der Waals surface area contributed by atoms with Gasteiger partial charge in [-0.2, -0.15) is 0 Å². The highest BCUT2D eigenvalue weighted by Gasteiger charge is 2.35. The predicted octanol–water partition coefficient (Wildman–Crippen LogP) is 2.61. The van der Waals surface area contributed by atoms with E-state index in [1.807, 2.05) is 31.2 Å². The second-order valence-electron chi connectivity index (χ2n) is 5.87. The first-order valence-corrected chi connectivity index (χ1v) is 7.48. The van der Waals surface area contributed by atoms with Crippen molar-refractivity contribution in [1.29, 1.82) is 0 Å². The number of para-hydroxylation sites is 1. The van der Waals surface area contributed by atoms with Crippen molar-refractivity contribution < 1.29 is 9.90 Å². The molecule has 1 aliphatic heterocycles. The molecule has 2 aromatic heterocycles. The van der Waals surface area contributed by atoms with Gasteiger partial charge in [-0.3, -0.25) is 9.36 Å². The Labute approximate surface area is 127 Å². The Morgan fingerprint density at radius 3 is 3.00 bits per heavy atom. The third kappa shape index (κ3) is 1.82. The molecule has 0 spiro atoms. The number of nitrogens with zero attached hydrogens (tertiary/aromatic N) is 2. The van der Waals surface area contributed by atoms with Gasteiger partial charge < -0.3 is 10.1 Å². The van der Waals surface area contributed by atoms with Crippen LogP contribution in [0.5, 0.6) is 0 Å². The highest BCUT2D eigenvalue weighted by Crippen LogP contribution is 2.34. The molecule has 0 amide bonds. The van der Waals surface area contributed by atoms with E-state index in [4.69, 9.17) is 0 Å². The lowest BCUT2D eigenvalue weighted by Gasteiger charge is -2.27. The Morgan fingerprint density at radius 2 is 2.23 bits per heavy atom. The second kappa shape index (κ2) is 4.81. The number of fused-ring (bicyclic) bond motifs is 3.